The van der Waals surface area contributed by atoms with E-state index in [4.69, 9.17) is 0 Å². The third-order valence-electron chi connectivity index (χ3n) is 1.41. The number of hydrogen-bond donors (Lipinski definition) is 0. The van der Waals surface area contributed by atoms with Crippen LogP contribution in [0.2, 0.25) is 10.6 Å². The van der Waals surface area contributed by atoms with Gasteiger partial charge >= 0.3 is 50.3 Å². The molecule has 3 heteroatoms. The van der Waals surface area contributed by atoms with E-state index < -0.39 is 12.7 Å². The first-order chi connectivity index (χ1) is 3.71. The molecule has 48 valence electrons. The van der Waals surface area contributed by atoms with E-state index in [0.717, 1.165) is 19.3 Å². The molecule has 0 aromatic carbocycles. The van der Waals surface area contributed by atoms with E-state index in [1.807, 2.05) is 0 Å². The van der Waals surface area contributed by atoms with Gasteiger partial charge in [0.05, 0.1) is 0 Å². The van der Waals surface area contributed by atoms with Gasteiger partial charge in [0.25, 0.3) is 0 Å². The van der Waals surface area contributed by atoms with Crippen molar-refractivity contribution in [3.05, 3.63) is 0 Å². The molecule has 0 bridgehead atoms. The fraction of sp³-hybridized carbons (Fsp3) is 1.00. The first-order valence-corrected chi connectivity index (χ1v) is 6.73. The van der Waals surface area contributed by atoms with Crippen molar-refractivity contribution in [2.45, 2.75) is 29.9 Å². The summed E-state index contributed by atoms with van der Waals surface area (Å²) in [5.41, 5.74) is 0. The first-order valence-electron chi connectivity index (χ1n) is 2.91. The molecular weight excluding hydrogens is 171 g/mol. The topological polar surface area (TPSA) is 34.1 Å². The summed E-state index contributed by atoms with van der Waals surface area (Å²) in [4.78, 5) is 0. The van der Waals surface area contributed by atoms with Gasteiger partial charge in [0, 0.05) is 0 Å². The second-order valence-electron chi connectivity index (χ2n) is 2.21. The molecule has 0 spiro atoms. The van der Waals surface area contributed by atoms with Gasteiger partial charge in [0.15, 0.2) is 0 Å². The van der Waals surface area contributed by atoms with Gasteiger partial charge in [-0.2, -0.15) is 0 Å². The molecule has 0 amide bonds. The van der Waals surface area contributed by atoms with Crippen LogP contribution in [-0.4, -0.2) is 12.7 Å². The summed E-state index contributed by atoms with van der Waals surface area (Å²) in [6, 6.07) is 0. The van der Waals surface area contributed by atoms with E-state index in [0.29, 0.717) is 10.6 Å². The van der Waals surface area contributed by atoms with Crippen LogP contribution in [0.3, 0.4) is 0 Å². The molecule has 0 atom stereocenters. The molecule has 2 nitrogen and oxygen atoms in total. The predicted molar refractivity (Wildman–Crippen MR) is 30.6 cm³/mol. The van der Waals surface area contributed by atoms with E-state index in [1.54, 1.807) is 0 Å². The molecule has 0 unspecified atom stereocenters. The molecule has 1 aliphatic rings. The second-order valence-corrected chi connectivity index (χ2v) is 7.05. The van der Waals surface area contributed by atoms with Gasteiger partial charge in [-0.3, -0.25) is 0 Å². The monoisotopic (exact) mass is 182 g/mol. The zero-order valence-electron chi connectivity index (χ0n) is 4.76. The molecule has 0 aromatic heterocycles. The molecule has 1 fully saturated rings. The zero-order valence-corrected chi connectivity index (χ0v) is 6.47. The van der Waals surface area contributed by atoms with Gasteiger partial charge in [-0.05, 0) is 0 Å². The van der Waals surface area contributed by atoms with Crippen LogP contribution in [0.5, 0.6) is 0 Å². The molecule has 0 aliphatic carbocycles. The zero-order chi connectivity index (χ0) is 6.04. The summed E-state index contributed by atoms with van der Waals surface area (Å²) in [7, 11) is 0. The van der Waals surface area contributed by atoms with Gasteiger partial charge < -0.3 is 0 Å². The van der Waals surface area contributed by atoms with E-state index in [-0.39, 0.29) is 0 Å². The quantitative estimate of drug-likeness (QED) is 0.530. The van der Waals surface area contributed by atoms with E-state index in [1.165, 1.54) is 0 Å². The van der Waals surface area contributed by atoms with E-state index in [2.05, 4.69) is 0 Å². The summed E-state index contributed by atoms with van der Waals surface area (Å²) in [6.07, 6.45) is 2.93. The Morgan fingerprint density at radius 2 is 1.38 bits per heavy atom. The fourth-order valence-electron chi connectivity index (χ4n) is 0.923. The molecule has 0 radical (unpaired) electrons. The van der Waals surface area contributed by atoms with E-state index in [9.17, 15) is 7.67 Å². The van der Waals surface area contributed by atoms with Crippen molar-refractivity contribution in [3.63, 3.8) is 0 Å². The first kappa shape index (κ1) is 6.24. The van der Waals surface area contributed by atoms with Crippen LogP contribution < -0.4 is 0 Å². The predicted octanol–water partition coefficient (Wildman–Crippen LogP) is 1.47. The second kappa shape index (κ2) is 2.16. The molecule has 1 aliphatic heterocycles. The Balaban J connectivity index is 2.58. The van der Waals surface area contributed by atoms with E-state index >= 15 is 0 Å². The third kappa shape index (κ3) is 1.57. The van der Waals surface area contributed by atoms with Crippen molar-refractivity contribution in [2.24, 2.45) is 0 Å². The van der Waals surface area contributed by atoms with Crippen LogP contribution in [0.4, 0.5) is 0 Å². The van der Waals surface area contributed by atoms with Gasteiger partial charge in [-0.1, -0.05) is 0 Å². The molecule has 1 rings (SSSR count). The SMILES string of the molecule is O=[Se]1(=O)CCCCC1. The number of rotatable bonds is 0. The van der Waals surface area contributed by atoms with Gasteiger partial charge in [0.2, 0.25) is 0 Å². The Kier molecular flexibility index (Phi) is 1.68. The summed E-state index contributed by atoms with van der Waals surface area (Å²) in [5, 5.41) is 0.993. The standard InChI is InChI=1S/C5H10O2Se/c6-8(7)4-2-1-3-5-8/h1-5H2. The molecule has 1 saturated heterocycles. The third-order valence-corrected chi connectivity index (χ3v) is 5.23. The van der Waals surface area contributed by atoms with Crippen LogP contribution in [0.25, 0.3) is 0 Å². The van der Waals surface area contributed by atoms with Crippen molar-refractivity contribution < 1.29 is 7.67 Å². The van der Waals surface area contributed by atoms with Crippen LogP contribution in [0.15, 0.2) is 0 Å². The Labute approximate surface area is 50.9 Å². The van der Waals surface area contributed by atoms with Crippen LogP contribution in [0, 0.1) is 0 Å². The van der Waals surface area contributed by atoms with Gasteiger partial charge in [-0.15, -0.1) is 0 Å². The summed E-state index contributed by atoms with van der Waals surface area (Å²) in [5.74, 6) is 0. The fourth-order valence-corrected chi connectivity index (χ4v) is 4.05. The number of hydrogen-bond acceptors (Lipinski definition) is 2. The summed E-state index contributed by atoms with van der Waals surface area (Å²) < 4.78 is 21.4. The molecule has 0 saturated carbocycles. The van der Waals surface area contributed by atoms with Crippen molar-refractivity contribution in [1.82, 2.24) is 0 Å². The average molecular weight is 181 g/mol. The Bertz CT molecular complexity index is 145. The maximum atomic E-state index is 10.7. The average Bonchev–Trinajstić information content (AvgIpc) is 1.65. The Morgan fingerprint density at radius 1 is 0.875 bits per heavy atom. The molecule has 1 heterocycles. The van der Waals surface area contributed by atoms with Crippen LogP contribution in [0.1, 0.15) is 19.3 Å². The molecule has 0 N–H and O–H groups in total. The van der Waals surface area contributed by atoms with Crippen molar-refractivity contribution >= 4 is 12.7 Å². The minimum absolute atomic E-state index is 0.497. The Hall–Kier alpha value is 0.119. The maximum absolute atomic E-state index is 10.7. The van der Waals surface area contributed by atoms with Crippen LogP contribution in [-0.2, 0) is 7.67 Å². The van der Waals surface area contributed by atoms with Crippen molar-refractivity contribution in [2.75, 3.05) is 0 Å². The minimum atomic E-state index is -3.25. The normalized spacial score (nSPS) is 27.5. The van der Waals surface area contributed by atoms with Crippen molar-refractivity contribution in [1.29, 1.82) is 0 Å². The van der Waals surface area contributed by atoms with Gasteiger partial charge in [0.1, 0.15) is 0 Å². The van der Waals surface area contributed by atoms with Crippen molar-refractivity contribution in [3.8, 4) is 0 Å². The summed E-state index contributed by atoms with van der Waals surface area (Å²) in [6.45, 7) is 0. The molecule has 8 heavy (non-hydrogen) atoms. The molecule has 0 aromatic rings. The Morgan fingerprint density at radius 3 is 1.62 bits per heavy atom. The van der Waals surface area contributed by atoms with Crippen LogP contribution >= 0.6 is 0 Å². The summed E-state index contributed by atoms with van der Waals surface area (Å²) >= 11 is -3.25. The van der Waals surface area contributed by atoms with Gasteiger partial charge in [-0.25, -0.2) is 0 Å². The molecular formula is C5H10O2Se.